The molecular formula is C21H27NO3. The maximum absolute atomic E-state index is 9.60. The zero-order chi connectivity index (χ0) is 18.1. The van der Waals surface area contributed by atoms with Gasteiger partial charge in [0.25, 0.3) is 6.47 Å². The summed E-state index contributed by atoms with van der Waals surface area (Å²) in [7, 11) is 0. The first kappa shape index (κ1) is 19.2. The van der Waals surface area contributed by atoms with Crippen molar-refractivity contribution in [3.63, 3.8) is 0 Å². The molecule has 134 valence electrons. The number of benzene rings is 2. The number of carbonyl (C=O) groups excluding carboxylic acids is 1. The standard InChI is InChI=1S/C16H17NO.C5H10O2/c1-2-6-13(7-3-1)14-8-4-5-9-15(14)16-12-17-10-11-18-16;1-5(2,3)7-4-6/h1-9,16-17H,10-12H2;4H,1-3H3. The van der Waals surface area contributed by atoms with Crippen molar-refractivity contribution in [3.05, 3.63) is 60.2 Å². The van der Waals surface area contributed by atoms with Gasteiger partial charge >= 0.3 is 0 Å². The predicted octanol–water partition coefficient (Wildman–Crippen LogP) is 3.97. The maximum atomic E-state index is 9.60. The molecule has 1 unspecified atom stereocenters. The quantitative estimate of drug-likeness (QED) is 0.858. The Hall–Kier alpha value is -2.17. The molecule has 1 atom stereocenters. The van der Waals surface area contributed by atoms with Crippen LogP contribution in [0.5, 0.6) is 0 Å². The highest BCUT2D eigenvalue weighted by atomic mass is 16.5. The Morgan fingerprint density at radius 3 is 2.32 bits per heavy atom. The van der Waals surface area contributed by atoms with Crippen LogP contribution in [-0.4, -0.2) is 31.8 Å². The van der Waals surface area contributed by atoms with Gasteiger partial charge in [0.05, 0.1) is 12.7 Å². The molecule has 0 aliphatic carbocycles. The van der Waals surface area contributed by atoms with Gasteiger partial charge in [0.15, 0.2) is 0 Å². The SMILES string of the molecule is CC(C)(C)OC=O.c1ccc(-c2ccccc2C2CNCCO2)cc1. The lowest BCUT2D eigenvalue weighted by Gasteiger charge is -2.26. The first-order valence-electron chi connectivity index (χ1n) is 8.59. The number of carbonyl (C=O) groups is 1. The third kappa shape index (κ3) is 6.33. The Morgan fingerprint density at radius 1 is 1.08 bits per heavy atom. The first-order chi connectivity index (χ1) is 12.0. The molecule has 1 aliphatic rings. The van der Waals surface area contributed by atoms with Gasteiger partial charge < -0.3 is 14.8 Å². The van der Waals surface area contributed by atoms with E-state index in [-0.39, 0.29) is 11.7 Å². The molecule has 0 bridgehead atoms. The lowest BCUT2D eigenvalue weighted by molar-refractivity contribution is -0.138. The molecule has 4 heteroatoms. The summed E-state index contributed by atoms with van der Waals surface area (Å²) in [6, 6.07) is 19.0. The van der Waals surface area contributed by atoms with E-state index in [4.69, 9.17) is 4.74 Å². The fraction of sp³-hybridized carbons (Fsp3) is 0.381. The largest absolute Gasteiger partial charge is 0.462 e. The van der Waals surface area contributed by atoms with E-state index in [9.17, 15) is 4.79 Å². The minimum atomic E-state index is -0.318. The molecule has 1 saturated heterocycles. The Kier molecular flexibility index (Phi) is 7.16. The van der Waals surface area contributed by atoms with E-state index in [1.54, 1.807) is 0 Å². The van der Waals surface area contributed by atoms with Gasteiger partial charge in [0.1, 0.15) is 5.60 Å². The van der Waals surface area contributed by atoms with Crippen LogP contribution in [0.3, 0.4) is 0 Å². The third-order valence-electron chi connectivity index (χ3n) is 3.72. The van der Waals surface area contributed by atoms with Crippen LogP contribution < -0.4 is 5.32 Å². The van der Waals surface area contributed by atoms with Crippen LogP contribution in [0.25, 0.3) is 11.1 Å². The Balaban J connectivity index is 0.000000277. The van der Waals surface area contributed by atoms with Crippen LogP contribution >= 0.6 is 0 Å². The summed E-state index contributed by atoms with van der Waals surface area (Å²) in [5, 5.41) is 3.39. The minimum Gasteiger partial charge on any atom is -0.462 e. The fourth-order valence-corrected chi connectivity index (χ4v) is 2.57. The molecular weight excluding hydrogens is 314 g/mol. The Labute approximate surface area is 150 Å². The number of nitrogens with one attached hydrogen (secondary N) is 1. The highest BCUT2D eigenvalue weighted by molar-refractivity contribution is 5.67. The van der Waals surface area contributed by atoms with Crippen molar-refractivity contribution in [2.45, 2.75) is 32.5 Å². The summed E-state index contributed by atoms with van der Waals surface area (Å²) in [5.74, 6) is 0. The Morgan fingerprint density at radius 2 is 1.76 bits per heavy atom. The number of morpholine rings is 1. The van der Waals surface area contributed by atoms with E-state index in [1.165, 1.54) is 16.7 Å². The highest BCUT2D eigenvalue weighted by Crippen LogP contribution is 2.30. The molecule has 0 spiro atoms. The van der Waals surface area contributed by atoms with E-state index in [0.29, 0.717) is 6.47 Å². The van der Waals surface area contributed by atoms with Crippen molar-refractivity contribution in [2.24, 2.45) is 0 Å². The second-order valence-corrected chi connectivity index (χ2v) is 6.84. The zero-order valence-corrected chi connectivity index (χ0v) is 15.2. The number of hydrogen-bond acceptors (Lipinski definition) is 4. The van der Waals surface area contributed by atoms with Crippen molar-refractivity contribution in [3.8, 4) is 11.1 Å². The van der Waals surface area contributed by atoms with Crippen molar-refractivity contribution >= 4 is 6.47 Å². The van der Waals surface area contributed by atoms with Crippen molar-refractivity contribution < 1.29 is 14.3 Å². The second-order valence-electron chi connectivity index (χ2n) is 6.84. The average molecular weight is 341 g/mol. The lowest BCUT2D eigenvalue weighted by Crippen LogP contribution is -2.33. The van der Waals surface area contributed by atoms with Gasteiger partial charge in [0.2, 0.25) is 0 Å². The van der Waals surface area contributed by atoms with Crippen molar-refractivity contribution in [1.82, 2.24) is 5.32 Å². The van der Waals surface area contributed by atoms with Crippen LogP contribution in [0.4, 0.5) is 0 Å². The molecule has 1 fully saturated rings. The normalized spacial score (nSPS) is 17.2. The van der Waals surface area contributed by atoms with Crippen LogP contribution in [0.15, 0.2) is 54.6 Å². The number of hydrogen-bond donors (Lipinski definition) is 1. The summed E-state index contributed by atoms with van der Waals surface area (Å²) in [6.45, 7) is 8.55. The van der Waals surface area contributed by atoms with Crippen LogP contribution in [0.2, 0.25) is 0 Å². The van der Waals surface area contributed by atoms with Gasteiger partial charge in [0, 0.05) is 13.1 Å². The van der Waals surface area contributed by atoms with Gasteiger partial charge in [-0.15, -0.1) is 0 Å². The maximum Gasteiger partial charge on any atom is 0.293 e. The van der Waals surface area contributed by atoms with Crippen molar-refractivity contribution in [1.29, 1.82) is 0 Å². The molecule has 1 heterocycles. The van der Waals surface area contributed by atoms with Gasteiger partial charge in [-0.25, -0.2) is 0 Å². The van der Waals surface area contributed by atoms with E-state index >= 15 is 0 Å². The lowest BCUT2D eigenvalue weighted by atomic mass is 9.96. The van der Waals surface area contributed by atoms with Crippen molar-refractivity contribution in [2.75, 3.05) is 19.7 Å². The van der Waals surface area contributed by atoms with E-state index in [2.05, 4.69) is 58.6 Å². The summed E-state index contributed by atoms with van der Waals surface area (Å²) in [5.41, 5.74) is 3.48. The molecule has 0 aromatic heterocycles. The van der Waals surface area contributed by atoms with Gasteiger partial charge in [-0.3, -0.25) is 4.79 Å². The summed E-state index contributed by atoms with van der Waals surface area (Å²) < 4.78 is 10.4. The monoisotopic (exact) mass is 341 g/mol. The Bertz CT molecular complexity index is 644. The smallest absolute Gasteiger partial charge is 0.293 e. The topological polar surface area (TPSA) is 47.6 Å². The number of ether oxygens (including phenoxy) is 2. The minimum absolute atomic E-state index is 0.162. The molecule has 0 radical (unpaired) electrons. The van der Waals surface area contributed by atoms with Crippen LogP contribution in [-0.2, 0) is 14.3 Å². The molecule has 1 N–H and O–H groups in total. The third-order valence-corrected chi connectivity index (χ3v) is 3.72. The molecule has 0 amide bonds. The first-order valence-corrected chi connectivity index (χ1v) is 8.59. The molecule has 2 aromatic rings. The predicted molar refractivity (Wildman–Crippen MR) is 100 cm³/mol. The number of rotatable bonds is 3. The molecule has 2 aromatic carbocycles. The summed E-state index contributed by atoms with van der Waals surface area (Å²) in [6.07, 6.45) is 0.162. The summed E-state index contributed by atoms with van der Waals surface area (Å²) in [4.78, 5) is 9.60. The molecule has 3 rings (SSSR count). The fourth-order valence-electron chi connectivity index (χ4n) is 2.57. The summed E-state index contributed by atoms with van der Waals surface area (Å²) >= 11 is 0. The average Bonchev–Trinajstić information content (AvgIpc) is 2.63. The van der Waals surface area contributed by atoms with E-state index in [1.807, 2.05) is 26.8 Å². The molecule has 1 aliphatic heterocycles. The second kappa shape index (κ2) is 9.35. The molecule has 0 saturated carbocycles. The van der Waals surface area contributed by atoms with E-state index in [0.717, 1.165) is 19.7 Å². The van der Waals surface area contributed by atoms with Crippen LogP contribution in [0, 0.1) is 0 Å². The zero-order valence-electron chi connectivity index (χ0n) is 15.2. The van der Waals surface area contributed by atoms with Gasteiger partial charge in [-0.05, 0) is 37.5 Å². The molecule has 25 heavy (non-hydrogen) atoms. The molecule has 4 nitrogen and oxygen atoms in total. The van der Waals surface area contributed by atoms with Crippen LogP contribution in [0.1, 0.15) is 32.4 Å². The highest BCUT2D eigenvalue weighted by Gasteiger charge is 2.18. The van der Waals surface area contributed by atoms with E-state index < -0.39 is 0 Å². The van der Waals surface area contributed by atoms with Gasteiger partial charge in [-0.1, -0.05) is 54.6 Å². The van der Waals surface area contributed by atoms with Gasteiger partial charge in [-0.2, -0.15) is 0 Å².